The first kappa shape index (κ1) is 19.7. The number of Topliss-reactive ketones (excluding diaryl/α,β-unsaturated/α-hetero) is 1. The Morgan fingerprint density at radius 2 is 2.10 bits per heavy atom. The van der Waals surface area contributed by atoms with Crippen LogP contribution in [0.15, 0.2) is 48.8 Å². The lowest BCUT2D eigenvalue weighted by Gasteiger charge is -2.50. The van der Waals surface area contributed by atoms with Crippen LogP contribution in [0.3, 0.4) is 0 Å². The zero-order valence-electron chi connectivity index (χ0n) is 17.4. The number of fused-ring (bicyclic) bond motifs is 3. The molecule has 3 unspecified atom stereocenters. The van der Waals surface area contributed by atoms with Crippen molar-refractivity contribution in [2.45, 2.75) is 38.2 Å². The fourth-order valence-electron chi connectivity index (χ4n) is 5.83. The van der Waals surface area contributed by atoms with Crippen molar-refractivity contribution in [3.63, 3.8) is 0 Å². The van der Waals surface area contributed by atoms with Crippen molar-refractivity contribution in [3.8, 4) is 17.3 Å². The minimum Gasteiger partial charge on any atom is -0.392 e. The molecule has 4 atom stereocenters. The molecule has 6 heteroatoms. The maximum absolute atomic E-state index is 12.9. The lowest BCUT2D eigenvalue weighted by Crippen LogP contribution is -2.52. The summed E-state index contributed by atoms with van der Waals surface area (Å²) in [6.07, 6.45) is 5.54. The number of aromatic nitrogens is 3. The smallest absolute Gasteiger partial charge is 0.153 e. The minimum absolute atomic E-state index is 0.0538. The van der Waals surface area contributed by atoms with E-state index in [-0.39, 0.29) is 24.2 Å². The first-order chi connectivity index (χ1) is 15.1. The van der Waals surface area contributed by atoms with Crippen molar-refractivity contribution in [1.29, 1.82) is 5.26 Å². The second-order valence-corrected chi connectivity index (χ2v) is 8.73. The molecule has 0 aliphatic heterocycles. The molecule has 31 heavy (non-hydrogen) atoms. The lowest BCUT2D eigenvalue weighted by molar-refractivity contribution is -0.131. The summed E-state index contributed by atoms with van der Waals surface area (Å²) in [6, 6.07) is 14.4. The highest BCUT2D eigenvalue weighted by Gasteiger charge is 2.56. The van der Waals surface area contributed by atoms with Crippen LogP contribution in [0.5, 0.6) is 0 Å². The summed E-state index contributed by atoms with van der Waals surface area (Å²) in [4.78, 5) is 17.2. The first-order valence-electron chi connectivity index (χ1n) is 10.7. The van der Waals surface area contributed by atoms with Gasteiger partial charge in [-0.15, -0.1) is 0 Å². The molecule has 0 spiro atoms. The molecule has 2 aliphatic rings. The van der Waals surface area contributed by atoms with Crippen molar-refractivity contribution in [2.75, 3.05) is 0 Å². The quantitative estimate of drug-likeness (QED) is 0.685. The Hall–Kier alpha value is -3.30. The summed E-state index contributed by atoms with van der Waals surface area (Å²) in [5.41, 5.74) is 5.23. The molecule has 1 saturated carbocycles. The molecular formula is C25H24N4O2. The number of carbonyl (C=O) groups is 1. The number of nitriles is 1. The summed E-state index contributed by atoms with van der Waals surface area (Å²) in [6.45, 7) is 1.90. The molecule has 5 rings (SSSR count). The Morgan fingerprint density at radius 3 is 2.84 bits per heavy atom. The van der Waals surface area contributed by atoms with Gasteiger partial charge in [-0.25, -0.2) is 0 Å². The van der Waals surface area contributed by atoms with Gasteiger partial charge in [-0.3, -0.25) is 14.9 Å². The highest BCUT2D eigenvalue weighted by molar-refractivity contribution is 5.87. The molecule has 0 bridgehead atoms. The van der Waals surface area contributed by atoms with Gasteiger partial charge in [-0.05, 0) is 42.4 Å². The van der Waals surface area contributed by atoms with Crippen molar-refractivity contribution in [2.24, 2.45) is 17.8 Å². The highest BCUT2D eigenvalue weighted by atomic mass is 16.3. The number of rotatable bonds is 3. The zero-order chi connectivity index (χ0) is 21.6. The molecule has 1 fully saturated rings. The van der Waals surface area contributed by atoms with E-state index in [1.165, 1.54) is 0 Å². The van der Waals surface area contributed by atoms with Gasteiger partial charge in [0, 0.05) is 34.9 Å². The molecule has 6 nitrogen and oxygen atoms in total. The topological polar surface area (TPSA) is 103 Å². The predicted octanol–water partition coefficient (Wildman–Crippen LogP) is 3.56. The van der Waals surface area contributed by atoms with Crippen LogP contribution < -0.4 is 0 Å². The number of pyridine rings is 1. The fraction of sp³-hybridized carbons (Fsp3) is 0.360. The van der Waals surface area contributed by atoms with Crippen LogP contribution in [0, 0.1) is 29.1 Å². The number of aliphatic hydroxyl groups is 1. The van der Waals surface area contributed by atoms with E-state index in [1.807, 2.05) is 31.2 Å². The van der Waals surface area contributed by atoms with Gasteiger partial charge < -0.3 is 5.11 Å². The van der Waals surface area contributed by atoms with Gasteiger partial charge in [0.2, 0.25) is 0 Å². The number of H-pyrrole nitrogens is 1. The molecule has 2 aromatic heterocycles. The van der Waals surface area contributed by atoms with Crippen molar-refractivity contribution >= 4 is 5.78 Å². The SMILES string of the molecule is CC1C(=O)C(C#N)C[C@]2(c3ccccc3)c3n[nH]c(-c4cncc(CO)c4)c3CCC12. The summed E-state index contributed by atoms with van der Waals surface area (Å²) < 4.78 is 0. The van der Waals surface area contributed by atoms with Crippen LogP contribution in [0.2, 0.25) is 0 Å². The molecular weight excluding hydrogens is 388 g/mol. The van der Waals surface area contributed by atoms with Crippen LogP contribution in [0.1, 0.15) is 42.1 Å². The molecule has 0 radical (unpaired) electrons. The number of ketones is 1. The second kappa shape index (κ2) is 7.44. The van der Waals surface area contributed by atoms with E-state index < -0.39 is 11.3 Å². The van der Waals surface area contributed by atoms with Crippen molar-refractivity contribution in [3.05, 3.63) is 71.2 Å². The van der Waals surface area contributed by atoms with Crippen LogP contribution in [-0.4, -0.2) is 26.1 Å². The third-order valence-electron chi connectivity index (χ3n) is 7.26. The van der Waals surface area contributed by atoms with Crippen LogP contribution in [-0.2, 0) is 23.2 Å². The molecule has 0 saturated heterocycles. The van der Waals surface area contributed by atoms with E-state index >= 15 is 0 Å². The average Bonchev–Trinajstić information content (AvgIpc) is 3.27. The fourth-order valence-corrected chi connectivity index (χ4v) is 5.83. The molecule has 2 N–H and O–H groups in total. The van der Waals surface area contributed by atoms with Gasteiger partial charge in [0.1, 0.15) is 5.92 Å². The van der Waals surface area contributed by atoms with Crippen LogP contribution >= 0.6 is 0 Å². The monoisotopic (exact) mass is 412 g/mol. The largest absolute Gasteiger partial charge is 0.392 e. The molecule has 2 aliphatic carbocycles. The van der Waals surface area contributed by atoms with E-state index in [0.29, 0.717) is 6.42 Å². The van der Waals surface area contributed by atoms with Crippen LogP contribution in [0.4, 0.5) is 0 Å². The molecule has 0 amide bonds. The number of carbonyl (C=O) groups excluding carboxylic acids is 1. The van der Waals surface area contributed by atoms with E-state index in [4.69, 9.17) is 5.10 Å². The van der Waals surface area contributed by atoms with Crippen molar-refractivity contribution in [1.82, 2.24) is 15.2 Å². The highest BCUT2D eigenvalue weighted by Crippen LogP contribution is 2.56. The standard InChI is InChI=1S/C25H24N4O2/c1-15-21-8-7-20-22(17-9-16(14-30)12-27-13-17)28-29-24(20)25(21,10-18(11-26)23(15)31)19-5-3-2-4-6-19/h2-6,9,12-13,15,18,21,30H,7-8,10,14H2,1H3,(H,28,29)/t15?,18?,21?,25-/m1/s1. The van der Waals surface area contributed by atoms with E-state index in [1.54, 1.807) is 12.4 Å². The number of nitrogens with zero attached hydrogens (tertiary/aromatic N) is 3. The van der Waals surface area contributed by atoms with Gasteiger partial charge >= 0.3 is 0 Å². The van der Waals surface area contributed by atoms with Crippen molar-refractivity contribution < 1.29 is 9.90 Å². The average molecular weight is 412 g/mol. The normalized spacial score (nSPS) is 27.3. The molecule has 2 heterocycles. The van der Waals surface area contributed by atoms with Gasteiger partial charge in [0.25, 0.3) is 0 Å². The Bertz CT molecular complexity index is 1180. The summed E-state index contributed by atoms with van der Waals surface area (Å²) in [5, 5.41) is 27.4. The number of benzene rings is 1. The van der Waals surface area contributed by atoms with E-state index in [0.717, 1.165) is 46.5 Å². The molecule has 1 aromatic carbocycles. The Morgan fingerprint density at radius 1 is 1.29 bits per heavy atom. The number of aromatic amines is 1. The van der Waals surface area contributed by atoms with Gasteiger partial charge in [-0.2, -0.15) is 10.4 Å². The van der Waals surface area contributed by atoms with E-state index in [9.17, 15) is 15.2 Å². The number of hydrogen-bond acceptors (Lipinski definition) is 5. The zero-order valence-corrected chi connectivity index (χ0v) is 17.4. The lowest BCUT2D eigenvalue weighted by atomic mass is 9.51. The van der Waals surface area contributed by atoms with Gasteiger partial charge in [0.05, 0.1) is 24.1 Å². The predicted molar refractivity (Wildman–Crippen MR) is 115 cm³/mol. The third kappa shape index (κ3) is 2.84. The minimum atomic E-state index is -0.642. The summed E-state index contributed by atoms with van der Waals surface area (Å²) >= 11 is 0. The Labute approximate surface area is 181 Å². The van der Waals surface area contributed by atoms with Gasteiger partial charge in [0.15, 0.2) is 5.78 Å². The Balaban J connectivity index is 1.73. The van der Waals surface area contributed by atoms with E-state index in [2.05, 4.69) is 28.3 Å². The summed E-state index contributed by atoms with van der Waals surface area (Å²) in [7, 11) is 0. The van der Waals surface area contributed by atoms with Gasteiger partial charge in [-0.1, -0.05) is 37.3 Å². The number of aliphatic hydroxyl groups excluding tert-OH is 1. The first-order valence-corrected chi connectivity index (χ1v) is 10.7. The third-order valence-corrected chi connectivity index (χ3v) is 7.26. The Kier molecular flexibility index (Phi) is 4.71. The molecule has 3 aromatic rings. The summed E-state index contributed by atoms with van der Waals surface area (Å²) in [5.74, 6) is -0.695. The van der Waals surface area contributed by atoms with Crippen LogP contribution in [0.25, 0.3) is 11.3 Å². The number of nitrogens with one attached hydrogen (secondary N) is 1. The second-order valence-electron chi connectivity index (χ2n) is 8.73. The maximum Gasteiger partial charge on any atom is 0.153 e. The number of hydrogen-bond donors (Lipinski definition) is 2. The maximum atomic E-state index is 12.9. The molecule has 156 valence electrons.